The number of nitrogens with two attached hydrogens (primary N) is 2. The molecular weight excluding hydrogens is 394 g/mol. The molecule has 1 aromatic heterocycles. The molecule has 1 fully saturated rings. The second-order valence-corrected chi connectivity index (χ2v) is 7.48. The molecule has 0 saturated carbocycles. The Morgan fingerprint density at radius 1 is 1.34 bits per heavy atom. The molecule has 3 amide bonds. The average Bonchev–Trinajstić information content (AvgIpc) is 3.36. The van der Waals surface area contributed by atoms with Gasteiger partial charge in [0.05, 0.1) is 11.8 Å². The van der Waals surface area contributed by atoms with E-state index in [0.717, 1.165) is 24.4 Å². The fourth-order valence-corrected chi connectivity index (χ4v) is 3.87. The molecule has 1 aromatic carbocycles. The molecule has 3 rings (SSSR count). The molecule has 0 aliphatic carbocycles. The van der Waals surface area contributed by atoms with Gasteiger partial charge in [0.15, 0.2) is 5.69 Å². The number of hydrogen-bond acceptors (Lipinski definition) is 7. The molecule has 9 nitrogen and oxygen atoms in total. The van der Waals surface area contributed by atoms with Gasteiger partial charge in [0.1, 0.15) is 10.9 Å². The fraction of sp³-hybridized carbons (Fsp3) is 0.368. The minimum atomic E-state index is -0.829. The highest BCUT2D eigenvalue weighted by molar-refractivity contribution is 7.09. The summed E-state index contributed by atoms with van der Waals surface area (Å²) >= 11 is 0.780. The molecule has 154 valence electrons. The Hall–Kier alpha value is -2.98. The molecule has 1 saturated heterocycles. The predicted octanol–water partition coefficient (Wildman–Crippen LogP) is 1.15. The van der Waals surface area contributed by atoms with Crippen LogP contribution in [0.25, 0.3) is 0 Å². The van der Waals surface area contributed by atoms with Gasteiger partial charge in [-0.25, -0.2) is 0 Å². The number of benzene rings is 1. The van der Waals surface area contributed by atoms with Crippen LogP contribution in [-0.2, 0) is 9.53 Å². The van der Waals surface area contributed by atoms with E-state index in [1.165, 1.54) is 4.90 Å². The second-order valence-electron chi connectivity index (χ2n) is 6.71. The lowest BCUT2D eigenvalue weighted by Crippen LogP contribution is -2.49. The maximum absolute atomic E-state index is 13.3. The summed E-state index contributed by atoms with van der Waals surface area (Å²) in [5, 5.41) is 2.84. The van der Waals surface area contributed by atoms with Gasteiger partial charge in [0.25, 0.3) is 11.8 Å². The summed E-state index contributed by atoms with van der Waals surface area (Å²) in [6.07, 6.45) is 1.85. The van der Waals surface area contributed by atoms with E-state index in [4.69, 9.17) is 16.2 Å². The number of amides is 3. The minimum absolute atomic E-state index is 0.0118. The first-order chi connectivity index (χ1) is 13.9. The molecule has 1 aliphatic heterocycles. The van der Waals surface area contributed by atoms with E-state index in [1.807, 2.05) is 0 Å². The van der Waals surface area contributed by atoms with Gasteiger partial charge >= 0.3 is 0 Å². The van der Waals surface area contributed by atoms with Crippen LogP contribution in [-0.4, -0.2) is 47.4 Å². The summed E-state index contributed by atoms with van der Waals surface area (Å²) in [4.78, 5) is 38.9. The molecule has 2 heterocycles. The van der Waals surface area contributed by atoms with Crippen LogP contribution in [0.5, 0.6) is 0 Å². The predicted molar refractivity (Wildman–Crippen MR) is 110 cm³/mol. The largest absolute Gasteiger partial charge is 0.395 e. The van der Waals surface area contributed by atoms with E-state index in [2.05, 4.69) is 9.69 Å². The lowest BCUT2D eigenvalue weighted by atomic mass is 10.1. The van der Waals surface area contributed by atoms with Crippen molar-refractivity contribution < 1.29 is 19.1 Å². The zero-order valence-electron chi connectivity index (χ0n) is 16.0. The van der Waals surface area contributed by atoms with E-state index < -0.39 is 17.9 Å². The molecule has 2 atom stereocenters. The van der Waals surface area contributed by atoms with E-state index in [-0.39, 0.29) is 28.3 Å². The summed E-state index contributed by atoms with van der Waals surface area (Å²) in [5.74, 6) is -1.67. The minimum Gasteiger partial charge on any atom is -0.395 e. The Kier molecular flexibility index (Phi) is 6.45. The summed E-state index contributed by atoms with van der Waals surface area (Å²) in [7, 11) is 0. The Morgan fingerprint density at radius 3 is 2.66 bits per heavy atom. The number of rotatable bonds is 7. The summed E-state index contributed by atoms with van der Waals surface area (Å²) in [6, 6.07) is 7.93. The van der Waals surface area contributed by atoms with Crippen LogP contribution >= 0.6 is 11.5 Å². The lowest BCUT2D eigenvalue weighted by molar-refractivity contribution is -0.122. The first-order valence-electron chi connectivity index (χ1n) is 9.23. The maximum Gasteiger partial charge on any atom is 0.272 e. The van der Waals surface area contributed by atoms with Gasteiger partial charge in [-0.05, 0) is 43.4 Å². The number of ether oxygens (including phenoxy) is 1. The Morgan fingerprint density at radius 2 is 2.07 bits per heavy atom. The molecule has 10 heteroatoms. The van der Waals surface area contributed by atoms with Crippen molar-refractivity contribution in [2.45, 2.75) is 31.9 Å². The summed E-state index contributed by atoms with van der Waals surface area (Å²) in [5.41, 5.74) is 11.5. The molecule has 29 heavy (non-hydrogen) atoms. The van der Waals surface area contributed by atoms with Gasteiger partial charge in [-0.15, -0.1) is 0 Å². The van der Waals surface area contributed by atoms with Crippen LogP contribution in [0.15, 0.2) is 30.3 Å². The second kappa shape index (κ2) is 9.01. The molecule has 0 spiro atoms. The molecule has 2 aromatic rings. The number of hydrogen-bond donors (Lipinski definition) is 3. The monoisotopic (exact) mass is 417 g/mol. The first-order valence-corrected chi connectivity index (χ1v) is 10.00. The van der Waals surface area contributed by atoms with Crippen molar-refractivity contribution in [1.82, 2.24) is 9.69 Å². The number of primary amides is 1. The standard InChI is InChI=1S/C19H23N5O4S/c1-11(18(26)22-10-13-8-5-9-28-13)24(12-6-3-2-4-7-12)19(27)16-14(20)15(17(21)25)23-29-16/h2-4,6-7,11,13H,5,8-10,20H2,1H3,(H2,21,25)(H,22,26)/t11-,13-/m0/s1. The van der Waals surface area contributed by atoms with Crippen LogP contribution in [0.2, 0.25) is 0 Å². The summed E-state index contributed by atoms with van der Waals surface area (Å²) in [6.45, 7) is 2.70. The molecule has 0 bridgehead atoms. The van der Waals surface area contributed by atoms with Crippen molar-refractivity contribution in [1.29, 1.82) is 0 Å². The lowest BCUT2D eigenvalue weighted by Gasteiger charge is -2.28. The molecular formula is C19H23N5O4S. The molecule has 0 radical (unpaired) electrons. The summed E-state index contributed by atoms with van der Waals surface area (Å²) < 4.78 is 9.41. The van der Waals surface area contributed by atoms with Crippen LogP contribution in [0.4, 0.5) is 11.4 Å². The number of para-hydroxylation sites is 1. The van der Waals surface area contributed by atoms with Gasteiger partial charge in [0.2, 0.25) is 5.91 Å². The van der Waals surface area contributed by atoms with Crippen LogP contribution in [0.1, 0.15) is 39.9 Å². The molecule has 5 N–H and O–H groups in total. The van der Waals surface area contributed by atoms with Crippen molar-refractivity contribution in [2.24, 2.45) is 5.73 Å². The van der Waals surface area contributed by atoms with Crippen molar-refractivity contribution >= 4 is 40.6 Å². The number of nitrogens with zero attached hydrogens (tertiary/aromatic N) is 2. The number of nitrogen functional groups attached to an aromatic ring is 1. The topological polar surface area (TPSA) is 141 Å². The van der Waals surface area contributed by atoms with Crippen molar-refractivity contribution in [2.75, 3.05) is 23.8 Å². The van der Waals surface area contributed by atoms with Crippen molar-refractivity contribution in [3.05, 3.63) is 40.9 Å². The quantitative estimate of drug-likeness (QED) is 0.617. The fourth-order valence-electron chi connectivity index (χ4n) is 3.13. The first kappa shape index (κ1) is 20.7. The van der Waals surface area contributed by atoms with Gasteiger partial charge in [-0.1, -0.05) is 18.2 Å². The third-order valence-corrected chi connectivity index (χ3v) is 5.55. The Labute approximate surface area is 172 Å². The maximum atomic E-state index is 13.3. The van der Waals surface area contributed by atoms with E-state index >= 15 is 0 Å². The number of carbonyl (C=O) groups is 3. The van der Waals surface area contributed by atoms with Crippen molar-refractivity contribution in [3.63, 3.8) is 0 Å². The Balaban J connectivity index is 1.85. The average molecular weight is 417 g/mol. The number of anilines is 2. The zero-order valence-corrected chi connectivity index (χ0v) is 16.8. The van der Waals surface area contributed by atoms with Crippen LogP contribution in [0, 0.1) is 0 Å². The zero-order chi connectivity index (χ0) is 21.0. The van der Waals surface area contributed by atoms with Gasteiger partial charge in [-0.3, -0.25) is 19.3 Å². The third-order valence-electron chi connectivity index (χ3n) is 4.70. The molecule has 1 aliphatic rings. The smallest absolute Gasteiger partial charge is 0.272 e. The third kappa shape index (κ3) is 4.54. The van der Waals surface area contributed by atoms with E-state index in [1.54, 1.807) is 37.3 Å². The van der Waals surface area contributed by atoms with Crippen molar-refractivity contribution in [3.8, 4) is 0 Å². The van der Waals surface area contributed by atoms with E-state index in [9.17, 15) is 14.4 Å². The van der Waals surface area contributed by atoms with E-state index in [0.29, 0.717) is 18.8 Å². The molecule has 0 unspecified atom stereocenters. The highest BCUT2D eigenvalue weighted by atomic mass is 32.1. The normalized spacial score (nSPS) is 16.9. The van der Waals surface area contributed by atoms with Crippen LogP contribution in [0.3, 0.4) is 0 Å². The van der Waals surface area contributed by atoms with Gasteiger partial charge < -0.3 is 21.5 Å². The van der Waals surface area contributed by atoms with Gasteiger partial charge in [0, 0.05) is 18.8 Å². The SMILES string of the molecule is C[C@@H](C(=O)NC[C@@H]1CCCO1)N(C(=O)c1snc(C(N)=O)c1N)c1ccccc1. The van der Waals surface area contributed by atoms with Gasteiger partial charge in [-0.2, -0.15) is 4.37 Å². The van der Waals surface area contributed by atoms with Crippen LogP contribution < -0.4 is 21.7 Å². The number of carbonyl (C=O) groups excluding carboxylic acids is 3. The number of aromatic nitrogens is 1. The Bertz CT molecular complexity index is 895. The highest BCUT2D eigenvalue weighted by Gasteiger charge is 2.32. The number of nitrogens with one attached hydrogen (secondary N) is 1. The highest BCUT2D eigenvalue weighted by Crippen LogP contribution is 2.27.